The van der Waals surface area contributed by atoms with Crippen LogP contribution in [0.15, 0.2) is 30.2 Å². The fraction of sp³-hybridized carbons (Fsp3) is 0.632. The summed E-state index contributed by atoms with van der Waals surface area (Å²) in [4.78, 5) is 4.33. The van der Waals surface area contributed by atoms with Gasteiger partial charge in [0.1, 0.15) is 0 Å². The van der Waals surface area contributed by atoms with E-state index >= 15 is 0 Å². The van der Waals surface area contributed by atoms with Gasteiger partial charge < -0.3 is 9.67 Å². The predicted octanol–water partition coefficient (Wildman–Crippen LogP) is 1.96. The lowest BCUT2D eigenvalue weighted by molar-refractivity contribution is -0.153. The number of fused-ring (bicyclic) bond motifs is 2. The van der Waals surface area contributed by atoms with Crippen LogP contribution in [-0.2, 0) is 10.0 Å². The van der Waals surface area contributed by atoms with Crippen molar-refractivity contribution in [2.24, 2.45) is 11.3 Å². The maximum Gasteiger partial charge on any atom is 0.211 e. The van der Waals surface area contributed by atoms with Gasteiger partial charge in [-0.05, 0) is 43.1 Å². The van der Waals surface area contributed by atoms with Crippen molar-refractivity contribution in [3.8, 4) is 0 Å². The number of rotatable bonds is 2. The van der Waals surface area contributed by atoms with Crippen LogP contribution >= 0.6 is 0 Å². The number of aliphatic hydroxyl groups is 1. The molecule has 1 saturated heterocycles. The lowest BCUT2D eigenvalue weighted by Gasteiger charge is -2.58. The van der Waals surface area contributed by atoms with Crippen LogP contribution in [0.3, 0.4) is 0 Å². The van der Waals surface area contributed by atoms with Crippen molar-refractivity contribution < 1.29 is 13.5 Å². The Balaban J connectivity index is 1.38. The third-order valence-corrected chi connectivity index (χ3v) is 8.38. The molecule has 1 aromatic rings. The number of aromatic nitrogens is 2. The van der Waals surface area contributed by atoms with Crippen molar-refractivity contribution in [2.45, 2.75) is 44.2 Å². The molecule has 2 fully saturated rings. The normalized spacial score (nSPS) is 33.2. The first-order chi connectivity index (χ1) is 12.4. The van der Waals surface area contributed by atoms with Crippen molar-refractivity contribution in [3.63, 3.8) is 0 Å². The largest absolute Gasteiger partial charge is 0.392 e. The maximum atomic E-state index is 11.8. The minimum absolute atomic E-state index is 0.111. The van der Waals surface area contributed by atoms with Crippen LogP contribution in [0.25, 0.3) is 5.57 Å². The first-order valence-electron chi connectivity index (χ1n) is 9.46. The molecule has 2 aliphatic carbocycles. The van der Waals surface area contributed by atoms with E-state index in [0.29, 0.717) is 13.1 Å². The molecule has 6 nitrogen and oxygen atoms in total. The first-order valence-corrected chi connectivity index (χ1v) is 11.3. The molecule has 140 valence electrons. The number of hydrogen-bond acceptors (Lipinski definition) is 4. The van der Waals surface area contributed by atoms with E-state index < -0.39 is 10.0 Å². The second-order valence-electron chi connectivity index (χ2n) is 8.35. The zero-order valence-electron chi connectivity index (χ0n) is 15.0. The van der Waals surface area contributed by atoms with Crippen molar-refractivity contribution in [1.82, 2.24) is 13.9 Å². The molecular weight excluding hydrogens is 350 g/mol. The molecule has 0 bridgehead atoms. The lowest BCUT2D eigenvalue weighted by atomic mass is 9.53. The minimum atomic E-state index is -3.13. The zero-order chi connectivity index (χ0) is 18.1. The molecule has 0 amide bonds. The molecule has 1 spiro atoms. The summed E-state index contributed by atoms with van der Waals surface area (Å²) in [7, 11) is -3.13. The summed E-state index contributed by atoms with van der Waals surface area (Å²) in [6, 6.07) is 0.209. The molecule has 2 aliphatic heterocycles. The van der Waals surface area contributed by atoms with E-state index in [9.17, 15) is 13.5 Å². The van der Waals surface area contributed by atoms with Crippen molar-refractivity contribution in [2.75, 3.05) is 19.3 Å². The molecule has 5 rings (SSSR count). The Morgan fingerprint density at radius 2 is 2.08 bits per heavy atom. The number of allylic oxidation sites excluding steroid dienone is 4. The predicted molar refractivity (Wildman–Crippen MR) is 98.8 cm³/mol. The summed E-state index contributed by atoms with van der Waals surface area (Å²) in [6.07, 6.45) is 13.7. The quantitative estimate of drug-likeness (QED) is 0.857. The van der Waals surface area contributed by atoms with E-state index in [4.69, 9.17) is 0 Å². The Kier molecular flexibility index (Phi) is 3.56. The summed E-state index contributed by atoms with van der Waals surface area (Å²) in [5, 5.41) is 11.1. The lowest BCUT2D eigenvalue weighted by Crippen LogP contribution is -2.59. The smallest absolute Gasteiger partial charge is 0.211 e. The second kappa shape index (κ2) is 5.53. The highest BCUT2D eigenvalue weighted by Crippen LogP contribution is 2.60. The molecule has 4 aliphatic rings. The summed E-state index contributed by atoms with van der Waals surface area (Å²) >= 11 is 0. The van der Waals surface area contributed by atoms with Crippen LogP contribution in [0.2, 0.25) is 0 Å². The second-order valence-corrected chi connectivity index (χ2v) is 10.3. The fourth-order valence-corrected chi connectivity index (χ4v) is 6.49. The average molecular weight is 375 g/mol. The van der Waals surface area contributed by atoms with E-state index in [0.717, 1.165) is 32.1 Å². The van der Waals surface area contributed by atoms with Crippen LogP contribution in [-0.4, -0.2) is 52.8 Å². The number of sulfonamides is 1. The molecule has 7 heteroatoms. The van der Waals surface area contributed by atoms with Crippen LogP contribution in [0.5, 0.6) is 0 Å². The number of hydrogen-bond donors (Lipinski definition) is 1. The molecule has 3 atom stereocenters. The highest BCUT2D eigenvalue weighted by Gasteiger charge is 2.58. The van der Waals surface area contributed by atoms with Crippen molar-refractivity contribution >= 4 is 15.6 Å². The van der Waals surface area contributed by atoms with Gasteiger partial charge in [-0.3, -0.25) is 0 Å². The molecular formula is C19H25N3O3S. The SMILES string of the molecule is CS(=O)(=O)N1CCC2(CC1)CC(C1C3=C(C=CCC3)c3cncn31)C2O. The van der Waals surface area contributed by atoms with Gasteiger partial charge in [0.05, 0.1) is 36.6 Å². The van der Waals surface area contributed by atoms with Crippen molar-refractivity contribution in [1.29, 1.82) is 0 Å². The minimum Gasteiger partial charge on any atom is -0.392 e. The van der Waals surface area contributed by atoms with Crippen LogP contribution in [0.1, 0.15) is 43.8 Å². The third kappa shape index (κ3) is 2.23. The van der Waals surface area contributed by atoms with Gasteiger partial charge in [0, 0.05) is 24.6 Å². The van der Waals surface area contributed by atoms with Gasteiger partial charge in [-0.15, -0.1) is 0 Å². The Bertz CT molecular complexity index is 906. The number of aliphatic hydroxyl groups excluding tert-OH is 1. The summed E-state index contributed by atoms with van der Waals surface area (Å²) in [6.45, 7) is 1.06. The highest BCUT2D eigenvalue weighted by atomic mass is 32.2. The zero-order valence-corrected chi connectivity index (χ0v) is 15.8. The van der Waals surface area contributed by atoms with Crippen molar-refractivity contribution in [3.05, 3.63) is 35.9 Å². The summed E-state index contributed by atoms with van der Waals surface area (Å²) in [5.41, 5.74) is 3.79. The van der Waals surface area contributed by atoms with Gasteiger partial charge in [0.2, 0.25) is 10.0 Å². The molecule has 0 aromatic carbocycles. The van der Waals surface area contributed by atoms with E-state index in [-0.39, 0.29) is 23.5 Å². The average Bonchev–Trinajstić information content (AvgIpc) is 3.20. The molecule has 0 radical (unpaired) electrons. The maximum absolute atomic E-state index is 11.8. The molecule has 3 unspecified atom stereocenters. The molecule has 3 heterocycles. The topological polar surface area (TPSA) is 75.4 Å². The first kappa shape index (κ1) is 16.7. The van der Waals surface area contributed by atoms with Gasteiger partial charge >= 0.3 is 0 Å². The summed E-state index contributed by atoms with van der Waals surface area (Å²) in [5.74, 6) is 0.201. The Labute approximate surface area is 154 Å². The Morgan fingerprint density at radius 1 is 1.31 bits per heavy atom. The standard InChI is InChI=1S/C19H25N3O3S/c1-26(24,25)21-8-6-19(7-9-21)10-15(18(19)23)17-14-5-3-2-4-13(14)16-11-20-12-22(16)17/h2,4,11-12,15,17-18,23H,3,5-10H2,1H3. The van der Waals surface area contributed by atoms with Crippen LogP contribution < -0.4 is 0 Å². The van der Waals surface area contributed by atoms with Gasteiger partial charge in [-0.1, -0.05) is 12.2 Å². The van der Waals surface area contributed by atoms with E-state index in [1.54, 1.807) is 4.31 Å². The monoisotopic (exact) mass is 375 g/mol. The van der Waals surface area contributed by atoms with E-state index in [2.05, 4.69) is 21.7 Å². The molecule has 1 N–H and O–H groups in total. The van der Waals surface area contributed by atoms with Gasteiger partial charge in [0.15, 0.2) is 0 Å². The van der Waals surface area contributed by atoms with E-state index in [1.165, 1.54) is 23.1 Å². The van der Waals surface area contributed by atoms with Crippen LogP contribution in [0, 0.1) is 11.3 Å². The molecule has 1 saturated carbocycles. The Hall–Kier alpha value is -1.44. The van der Waals surface area contributed by atoms with Gasteiger partial charge in [0.25, 0.3) is 0 Å². The van der Waals surface area contributed by atoms with E-state index in [1.807, 2.05) is 12.5 Å². The number of nitrogens with zero attached hydrogens (tertiary/aromatic N) is 3. The van der Waals surface area contributed by atoms with Crippen LogP contribution in [0.4, 0.5) is 0 Å². The highest BCUT2D eigenvalue weighted by molar-refractivity contribution is 7.88. The van der Waals surface area contributed by atoms with Gasteiger partial charge in [-0.25, -0.2) is 17.7 Å². The Morgan fingerprint density at radius 3 is 2.77 bits per heavy atom. The summed E-state index contributed by atoms with van der Waals surface area (Å²) < 4.78 is 27.3. The number of piperidine rings is 1. The molecule has 1 aromatic heterocycles. The fourth-order valence-electron chi connectivity index (χ4n) is 5.65. The third-order valence-electron chi connectivity index (χ3n) is 7.08. The number of imidazole rings is 1. The molecule has 26 heavy (non-hydrogen) atoms. The van der Waals surface area contributed by atoms with Gasteiger partial charge in [-0.2, -0.15) is 0 Å².